The first kappa shape index (κ1) is 21.6. The quantitative estimate of drug-likeness (QED) is 0.460. The summed E-state index contributed by atoms with van der Waals surface area (Å²) in [6.07, 6.45) is 1.55. The number of carbonyl (C=O) groups excluding carboxylic acids is 1. The van der Waals surface area contributed by atoms with Crippen LogP contribution < -0.4 is 20.8 Å². The van der Waals surface area contributed by atoms with Gasteiger partial charge in [-0.25, -0.2) is 10.1 Å². The number of nitrogens with one attached hydrogen (secondary N) is 1. The Balaban J connectivity index is 1.35. The standard InChI is InChI=1S/C23H23ClN6O2/c24-19-6-8-20(9-7-19)28-12-14-29(15-13-28)21-10-11-23(32)30(27-21)17-22(31)26-25-16-18-4-2-1-3-5-18/h1-11,16H,12-15,17H2,(H,26,31)/b25-16+. The molecular weight excluding hydrogens is 428 g/mol. The van der Waals surface area contributed by atoms with Crippen molar-refractivity contribution in [3.63, 3.8) is 0 Å². The van der Waals surface area contributed by atoms with Crippen LogP contribution in [0.3, 0.4) is 0 Å². The summed E-state index contributed by atoms with van der Waals surface area (Å²) in [5.74, 6) is 0.248. The van der Waals surface area contributed by atoms with Crippen molar-refractivity contribution < 1.29 is 4.79 Å². The summed E-state index contributed by atoms with van der Waals surface area (Å²) in [5, 5.41) is 9.04. The molecule has 1 fully saturated rings. The van der Waals surface area contributed by atoms with Crippen molar-refractivity contribution in [2.24, 2.45) is 5.10 Å². The number of benzene rings is 2. The number of carbonyl (C=O) groups is 1. The molecule has 2 aromatic carbocycles. The molecule has 0 spiro atoms. The average Bonchev–Trinajstić information content (AvgIpc) is 2.82. The molecule has 164 valence electrons. The van der Waals surface area contributed by atoms with E-state index in [-0.39, 0.29) is 12.1 Å². The third-order valence-corrected chi connectivity index (χ3v) is 5.40. The second kappa shape index (κ2) is 10.1. The number of amides is 1. The smallest absolute Gasteiger partial charge is 0.267 e. The molecule has 1 saturated heterocycles. The van der Waals surface area contributed by atoms with Crippen molar-refractivity contribution >= 4 is 35.2 Å². The second-order valence-electron chi connectivity index (χ2n) is 7.34. The van der Waals surface area contributed by atoms with Gasteiger partial charge >= 0.3 is 0 Å². The van der Waals surface area contributed by atoms with E-state index in [2.05, 4.69) is 25.4 Å². The second-order valence-corrected chi connectivity index (χ2v) is 7.78. The normalized spacial score (nSPS) is 14.0. The van der Waals surface area contributed by atoms with Crippen molar-refractivity contribution in [1.29, 1.82) is 0 Å². The topological polar surface area (TPSA) is 82.8 Å². The van der Waals surface area contributed by atoms with Gasteiger partial charge in [0.05, 0.1) is 6.21 Å². The molecule has 1 aliphatic heterocycles. The highest BCUT2D eigenvalue weighted by Gasteiger charge is 2.19. The van der Waals surface area contributed by atoms with Gasteiger partial charge in [0, 0.05) is 43.0 Å². The molecule has 0 radical (unpaired) electrons. The van der Waals surface area contributed by atoms with Crippen molar-refractivity contribution in [2.75, 3.05) is 36.0 Å². The molecule has 3 aromatic rings. The van der Waals surface area contributed by atoms with Crippen LogP contribution in [0, 0.1) is 0 Å². The molecule has 1 aromatic heterocycles. The maximum Gasteiger partial charge on any atom is 0.267 e. The van der Waals surface area contributed by atoms with Gasteiger partial charge in [-0.2, -0.15) is 10.2 Å². The average molecular weight is 451 g/mol. The molecule has 32 heavy (non-hydrogen) atoms. The summed E-state index contributed by atoms with van der Waals surface area (Å²) < 4.78 is 1.16. The molecule has 1 amide bonds. The molecule has 9 heteroatoms. The van der Waals surface area contributed by atoms with Crippen LogP contribution >= 0.6 is 11.6 Å². The molecule has 2 heterocycles. The van der Waals surface area contributed by atoms with Gasteiger partial charge in [-0.1, -0.05) is 41.9 Å². The lowest BCUT2D eigenvalue weighted by atomic mass is 10.2. The molecule has 1 N–H and O–H groups in total. The van der Waals surface area contributed by atoms with E-state index in [0.717, 1.165) is 42.1 Å². The van der Waals surface area contributed by atoms with Crippen molar-refractivity contribution in [1.82, 2.24) is 15.2 Å². The zero-order valence-electron chi connectivity index (χ0n) is 17.4. The van der Waals surface area contributed by atoms with Crippen molar-refractivity contribution in [2.45, 2.75) is 6.54 Å². The zero-order valence-corrected chi connectivity index (χ0v) is 18.2. The Morgan fingerprint density at radius 3 is 2.38 bits per heavy atom. The maximum atomic E-state index is 12.2. The minimum absolute atomic E-state index is 0.205. The van der Waals surface area contributed by atoms with E-state index in [1.807, 2.05) is 54.6 Å². The molecule has 8 nitrogen and oxygen atoms in total. The molecule has 0 aliphatic carbocycles. The van der Waals surface area contributed by atoms with E-state index in [4.69, 9.17) is 11.6 Å². The Bertz CT molecular complexity index is 1140. The summed E-state index contributed by atoms with van der Waals surface area (Å²) >= 11 is 5.97. The van der Waals surface area contributed by atoms with Gasteiger partial charge in [-0.15, -0.1) is 0 Å². The lowest BCUT2D eigenvalue weighted by Gasteiger charge is -2.36. The van der Waals surface area contributed by atoms with E-state index < -0.39 is 5.91 Å². The summed E-state index contributed by atoms with van der Waals surface area (Å²) in [5.41, 5.74) is 4.09. The molecule has 1 aliphatic rings. The first-order valence-corrected chi connectivity index (χ1v) is 10.7. The number of aromatic nitrogens is 2. The lowest BCUT2D eigenvalue weighted by Crippen LogP contribution is -2.47. The summed E-state index contributed by atoms with van der Waals surface area (Å²) in [6.45, 7) is 2.93. The molecule has 0 bridgehead atoms. The van der Waals surface area contributed by atoms with Crippen LogP contribution in [0.5, 0.6) is 0 Å². The highest BCUT2D eigenvalue weighted by Crippen LogP contribution is 2.20. The number of anilines is 2. The van der Waals surface area contributed by atoms with E-state index in [1.165, 1.54) is 6.07 Å². The fraction of sp³-hybridized carbons (Fsp3) is 0.217. The third-order valence-electron chi connectivity index (χ3n) is 5.14. The SMILES string of the molecule is O=C(Cn1nc(N2CCN(c3ccc(Cl)cc3)CC2)ccc1=O)N/N=C/c1ccccc1. The van der Waals surface area contributed by atoms with Crippen LogP contribution in [0.4, 0.5) is 11.5 Å². The van der Waals surface area contributed by atoms with E-state index in [0.29, 0.717) is 10.8 Å². The summed E-state index contributed by atoms with van der Waals surface area (Å²) in [7, 11) is 0. The van der Waals surface area contributed by atoms with Crippen LogP contribution in [0.1, 0.15) is 5.56 Å². The Hall–Kier alpha value is -3.65. The number of nitrogens with zero attached hydrogens (tertiary/aromatic N) is 5. The van der Waals surface area contributed by atoms with Crippen LogP contribution in [-0.4, -0.2) is 48.1 Å². The van der Waals surface area contributed by atoms with Crippen molar-refractivity contribution in [3.8, 4) is 0 Å². The zero-order chi connectivity index (χ0) is 22.3. The number of rotatable bonds is 6. The Morgan fingerprint density at radius 2 is 1.66 bits per heavy atom. The van der Waals surface area contributed by atoms with Crippen LogP contribution in [0.25, 0.3) is 0 Å². The minimum atomic E-state index is -0.420. The lowest BCUT2D eigenvalue weighted by molar-refractivity contribution is -0.121. The highest BCUT2D eigenvalue weighted by molar-refractivity contribution is 6.30. The number of hydrogen-bond donors (Lipinski definition) is 1. The van der Waals surface area contributed by atoms with Gasteiger partial charge in [0.2, 0.25) is 0 Å². The van der Waals surface area contributed by atoms with Crippen LogP contribution in [0.15, 0.2) is 76.6 Å². The number of halogens is 1. The monoisotopic (exact) mass is 450 g/mol. The van der Waals surface area contributed by atoms with E-state index >= 15 is 0 Å². The highest BCUT2D eigenvalue weighted by atomic mass is 35.5. The van der Waals surface area contributed by atoms with Gasteiger partial charge in [0.1, 0.15) is 12.4 Å². The Morgan fingerprint density at radius 1 is 0.969 bits per heavy atom. The molecular formula is C23H23ClN6O2. The molecule has 0 atom stereocenters. The Labute approximate surface area is 190 Å². The van der Waals surface area contributed by atoms with Gasteiger partial charge in [-0.05, 0) is 35.9 Å². The predicted molar refractivity (Wildman–Crippen MR) is 127 cm³/mol. The largest absolute Gasteiger partial charge is 0.368 e. The number of piperazine rings is 1. The van der Waals surface area contributed by atoms with E-state index in [9.17, 15) is 9.59 Å². The fourth-order valence-corrected chi connectivity index (χ4v) is 3.58. The first-order valence-electron chi connectivity index (χ1n) is 10.3. The van der Waals surface area contributed by atoms with Gasteiger partial charge in [-0.3, -0.25) is 9.59 Å². The third kappa shape index (κ3) is 5.53. The maximum absolute atomic E-state index is 12.2. The van der Waals surface area contributed by atoms with Gasteiger partial charge < -0.3 is 9.80 Å². The molecule has 0 saturated carbocycles. The van der Waals surface area contributed by atoms with Crippen LogP contribution in [0.2, 0.25) is 5.02 Å². The first-order chi connectivity index (χ1) is 15.6. The number of hydrogen-bond acceptors (Lipinski definition) is 6. The molecule has 0 unspecified atom stereocenters. The van der Waals surface area contributed by atoms with Crippen LogP contribution in [-0.2, 0) is 11.3 Å². The Kier molecular flexibility index (Phi) is 6.81. The van der Waals surface area contributed by atoms with Crippen molar-refractivity contribution in [3.05, 3.63) is 87.7 Å². The van der Waals surface area contributed by atoms with E-state index in [1.54, 1.807) is 12.3 Å². The van der Waals surface area contributed by atoms with Gasteiger partial charge in [0.25, 0.3) is 11.5 Å². The summed E-state index contributed by atoms with van der Waals surface area (Å²) in [6, 6.07) is 20.3. The minimum Gasteiger partial charge on any atom is -0.368 e. The van der Waals surface area contributed by atoms with Gasteiger partial charge in [0.15, 0.2) is 0 Å². The summed E-state index contributed by atoms with van der Waals surface area (Å²) in [4.78, 5) is 28.8. The predicted octanol–water partition coefficient (Wildman–Crippen LogP) is 2.37. The fourth-order valence-electron chi connectivity index (χ4n) is 3.46. The number of hydrazone groups is 1. The molecule has 4 rings (SSSR count).